The molecule has 10 heavy (non-hydrogen) atoms. The van der Waals surface area contributed by atoms with Gasteiger partial charge in [0, 0.05) is 0 Å². The van der Waals surface area contributed by atoms with Gasteiger partial charge in [-0.05, 0) is 0 Å². The largest absolute Gasteiger partial charge is 0.550 e. The zero-order chi connectivity index (χ0) is 8.31. The fourth-order valence-corrected chi connectivity index (χ4v) is 0.368. The van der Waals surface area contributed by atoms with E-state index >= 15 is 0 Å². The van der Waals surface area contributed by atoms with E-state index in [0.717, 1.165) is 0 Å². The molecule has 0 amide bonds. The maximum absolute atomic E-state index is 10.0. The minimum atomic E-state index is -1.48. The summed E-state index contributed by atoms with van der Waals surface area (Å²) in [7, 11) is 0. The summed E-state index contributed by atoms with van der Waals surface area (Å²) in [6, 6.07) is -1.25. The number of carbonyl (C=O) groups is 2. The monoisotopic (exact) mass is 146 g/mol. The lowest BCUT2D eigenvalue weighted by Crippen LogP contribution is -2.72. The van der Waals surface area contributed by atoms with Crippen LogP contribution in [-0.4, -0.2) is 18.0 Å². The summed E-state index contributed by atoms with van der Waals surface area (Å²) in [6.07, 6.45) is 0. The lowest BCUT2D eigenvalue weighted by molar-refractivity contribution is -0.449. The molecule has 0 spiro atoms. The van der Waals surface area contributed by atoms with E-state index in [2.05, 4.69) is 5.73 Å². The van der Waals surface area contributed by atoms with Crippen LogP contribution >= 0.6 is 0 Å². The summed E-state index contributed by atoms with van der Waals surface area (Å²) in [5.41, 5.74) is 3.08. The van der Waals surface area contributed by atoms with E-state index in [0.29, 0.717) is 0 Å². The Morgan fingerprint density at radius 3 is 1.80 bits per heavy atom. The van der Waals surface area contributed by atoms with Crippen molar-refractivity contribution in [1.82, 2.24) is 0 Å². The molecule has 0 radical (unpaired) electrons. The molecule has 0 aliphatic heterocycles. The van der Waals surface area contributed by atoms with Gasteiger partial charge in [-0.25, -0.2) is 0 Å². The van der Waals surface area contributed by atoms with Crippen LogP contribution in [0.5, 0.6) is 0 Å². The SMILES string of the molecule is C[C@H](C(=O)[O-])[C@H]([NH3+])C(=O)[O-]. The van der Waals surface area contributed by atoms with Crippen LogP contribution < -0.4 is 15.9 Å². The van der Waals surface area contributed by atoms with Gasteiger partial charge in [0.1, 0.15) is 6.04 Å². The van der Waals surface area contributed by atoms with E-state index in [1.54, 1.807) is 0 Å². The van der Waals surface area contributed by atoms with E-state index in [4.69, 9.17) is 0 Å². The molecule has 0 aromatic heterocycles. The fourth-order valence-electron chi connectivity index (χ4n) is 0.368. The molecule has 0 heterocycles. The lowest BCUT2D eigenvalue weighted by atomic mass is 10.0. The van der Waals surface area contributed by atoms with Crippen LogP contribution in [0.25, 0.3) is 0 Å². The molecule has 2 atom stereocenters. The molecule has 0 aromatic rings. The first-order chi connectivity index (χ1) is 4.46. The molecule has 5 heteroatoms. The lowest BCUT2D eigenvalue weighted by Gasteiger charge is -2.17. The van der Waals surface area contributed by atoms with Crippen molar-refractivity contribution < 1.29 is 25.5 Å². The summed E-state index contributed by atoms with van der Waals surface area (Å²) < 4.78 is 0. The van der Waals surface area contributed by atoms with Crippen LogP contribution in [0.3, 0.4) is 0 Å². The number of quaternary nitrogens is 1. The maximum Gasteiger partial charge on any atom is 0.132 e. The molecule has 0 fully saturated rings. The van der Waals surface area contributed by atoms with E-state index in [1.165, 1.54) is 6.92 Å². The summed E-state index contributed by atoms with van der Waals surface area (Å²) in [6.45, 7) is 1.21. The Morgan fingerprint density at radius 2 is 1.70 bits per heavy atom. The van der Waals surface area contributed by atoms with Crippen molar-refractivity contribution in [2.45, 2.75) is 13.0 Å². The highest BCUT2D eigenvalue weighted by molar-refractivity contribution is 5.78. The van der Waals surface area contributed by atoms with Gasteiger partial charge in [-0.1, -0.05) is 6.92 Å². The van der Waals surface area contributed by atoms with Crippen molar-refractivity contribution in [2.24, 2.45) is 5.92 Å². The molecule has 0 rings (SSSR count). The Bertz CT molecular complexity index is 138. The van der Waals surface area contributed by atoms with Gasteiger partial charge in [-0.15, -0.1) is 0 Å². The minimum Gasteiger partial charge on any atom is -0.550 e. The van der Waals surface area contributed by atoms with Crippen molar-refractivity contribution in [3.63, 3.8) is 0 Å². The summed E-state index contributed by atoms with van der Waals surface area (Å²) >= 11 is 0. The second-order valence-corrected chi connectivity index (χ2v) is 2.03. The van der Waals surface area contributed by atoms with Gasteiger partial charge in [0.25, 0.3) is 0 Å². The third-order valence-corrected chi connectivity index (χ3v) is 1.28. The number of carboxylic acids is 2. The molecule has 0 aliphatic carbocycles. The van der Waals surface area contributed by atoms with E-state index < -0.39 is 23.9 Å². The van der Waals surface area contributed by atoms with Gasteiger partial charge in [-0.2, -0.15) is 0 Å². The molecule has 0 saturated carbocycles. The summed E-state index contributed by atoms with van der Waals surface area (Å²) in [5.74, 6) is -4.01. The first kappa shape index (κ1) is 8.90. The highest BCUT2D eigenvalue weighted by atomic mass is 16.4. The summed E-state index contributed by atoms with van der Waals surface area (Å²) in [5, 5.41) is 20.0. The van der Waals surface area contributed by atoms with Crippen molar-refractivity contribution in [3.05, 3.63) is 0 Å². The second kappa shape index (κ2) is 3.17. The molecule has 0 unspecified atom stereocenters. The van der Waals surface area contributed by atoms with Gasteiger partial charge >= 0.3 is 0 Å². The van der Waals surface area contributed by atoms with E-state index in [-0.39, 0.29) is 0 Å². The number of aliphatic carboxylic acids is 2. The Hall–Kier alpha value is -1.10. The topological polar surface area (TPSA) is 108 Å². The van der Waals surface area contributed by atoms with Gasteiger partial charge in [0.15, 0.2) is 0 Å². The van der Waals surface area contributed by atoms with Crippen LogP contribution in [0.4, 0.5) is 0 Å². The normalized spacial score (nSPS) is 15.8. The Morgan fingerprint density at radius 1 is 1.30 bits per heavy atom. The van der Waals surface area contributed by atoms with E-state index in [1.807, 2.05) is 0 Å². The predicted octanol–water partition coefficient (Wildman–Crippen LogP) is -4.27. The van der Waals surface area contributed by atoms with Crippen molar-refractivity contribution in [1.29, 1.82) is 0 Å². The Labute approximate surface area is 57.5 Å². The average Bonchev–Trinajstić information content (AvgIpc) is 1.84. The second-order valence-electron chi connectivity index (χ2n) is 2.03. The van der Waals surface area contributed by atoms with Crippen molar-refractivity contribution in [2.75, 3.05) is 0 Å². The highest BCUT2D eigenvalue weighted by Gasteiger charge is 2.17. The molecule has 0 aromatic carbocycles. The number of rotatable bonds is 3. The van der Waals surface area contributed by atoms with Crippen LogP contribution in [0.2, 0.25) is 0 Å². The zero-order valence-corrected chi connectivity index (χ0v) is 5.49. The minimum absolute atomic E-state index is 1.11. The maximum atomic E-state index is 10.0. The predicted molar refractivity (Wildman–Crippen MR) is 25.9 cm³/mol. The Balaban J connectivity index is 4.07. The first-order valence-corrected chi connectivity index (χ1v) is 2.71. The molecular formula is C5H8NO4-. The molecular weight excluding hydrogens is 138 g/mol. The Kier molecular flexibility index (Phi) is 2.82. The van der Waals surface area contributed by atoms with Gasteiger partial charge in [0.2, 0.25) is 0 Å². The molecule has 0 bridgehead atoms. The molecule has 3 N–H and O–H groups in total. The smallest absolute Gasteiger partial charge is 0.132 e. The van der Waals surface area contributed by atoms with Gasteiger partial charge < -0.3 is 25.5 Å². The molecule has 5 nitrogen and oxygen atoms in total. The number of carboxylic acid groups (broad SMARTS) is 2. The number of hydrogen-bond acceptors (Lipinski definition) is 4. The molecule has 0 saturated heterocycles. The van der Waals surface area contributed by atoms with Gasteiger partial charge in [0.05, 0.1) is 17.9 Å². The van der Waals surface area contributed by atoms with Crippen LogP contribution in [-0.2, 0) is 9.59 Å². The average molecular weight is 146 g/mol. The molecule has 0 aliphatic rings. The quantitative estimate of drug-likeness (QED) is 0.434. The van der Waals surface area contributed by atoms with Crippen LogP contribution in [0, 0.1) is 5.92 Å². The third-order valence-electron chi connectivity index (χ3n) is 1.28. The number of hydrogen-bond donors (Lipinski definition) is 1. The fraction of sp³-hybridized carbons (Fsp3) is 0.600. The van der Waals surface area contributed by atoms with Gasteiger partial charge in [-0.3, -0.25) is 0 Å². The van der Waals surface area contributed by atoms with Crippen LogP contribution in [0.1, 0.15) is 6.92 Å². The zero-order valence-electron chi connectivity index (χ0n) is 5.49. The van der Waals surface area contributed by atoms with E-state index in [9.17, 15) is 19.8 Å². The van der Waals surface area contributed by atoms with Crippen LogP contribution in [0.15, 0.2) is 0 Å². The van der Waals surface area contributed by atoms with Crippen molar-refractivity contribution in [3.8, 4) is 0 Å². The molecule has 58 valence electrons. The highest BCUT2D eigenvalue weighted by Crippen LogP contribution is 1.94. The third kappa shape index (κ3) is 2.02. The number of carbonyl (C=O) groups excluding carboxylic acids is 2. The first-order valence-electron chi connectivity index (χ1n) is 2.71. The van der Waals surface area contributed by atoms with Crippen molar-refractivity contribution >= 4 is 11.9 Å². The standard InChI is InChI=1S/C5H9NO4/c1-2(4(7)8)3(6)5(9)10/h2-3H,6H2,1H3,(H,7,8)(H,9,10)/p-1/t2-,3-/m0/s1. The summed E-state index contributed by atoms with van der Waals surface area (Å²) in [4.78, 5) is 20.0.